The first-order valence-electron chi connectivity index (χ1n) is 8.41. The SMILES string of the molecule is O=C1NC2(CCN(C(=O)c3ccccc3F)CC2)Nc2cc(Cl)ccc21. The third-order valence-electron chi connectivity index (χ3n) is 4.96. The monoisotopic (exact) mass is 373 g/mol. The van der Waals surface area contributed by atoms with E-state index in [1.165, 1.54) is 12.1 Å². The zero-order chi connectivity index (χ0) is 18.3. The Labute approximate surface area is 155 Å². The lowest BCUT2D eigenvalue weighted by Crippen LogP contribution is -2.62. The first-order chi connectivity index (χ1) is 12.5. The summed E-state index contributed by atoms with van der Waals surface area (Å²) in [6.45, 7) is 0.826. The van der Waals surface area contributed by atoms with Crippen LogP contribution >= 0.6 is 11.6 Å². The number of carbonyl (C=O) groups is 2. The Hall–Kier alpha value is -2.60. The summed E-state index contributed by atoms with van der Waals surface area (Å²) in [4.78, 5) is 26.6. The highest BCUT2D eigenvalue weighted by Crippen LogP contribution is 2.33. The largest absolute Gasteiger partial charge is 0.362 e. The number of hydrogen-bond donors (Lipinski definition) is 2. The van der Waals surface area contributed by atoms with Crippen LogP contribution in [-0.4, -0.2) is 35.5 Å². The van der Waals surface area contributed by atoms with Crippen LogP contribution < -0.4 is 10.6 Å². The van der Waals surface area contributed by atoms with E-state index in [9.17, 15) is 14.0 Å². The third kappa shape index (κ3) is 2.90. The number of benzene rings is 2. The third-order valence-corrected chi connectivity index (χ3v) is 5.20. The van der Waals surface area contributed by atoms with Crippen LogP contribution in [0, 0.1) is 5.82 Å². The Morgan fingerprint density at radius 3 is 2.58 bits per heavy atom. The Morgan fingerprint density at radius 1 is 1.12 bits per heavy atom. The molecule has 7 heteroatoms. The highest BCUT2D eigenvalue weighted by atomic mass is 35.5. The number of fused-ring (bicyclic) bond motifs is 1. The van der Waals surface area contributed by atoms with Crippen LogP contribution in [0.25, 0.3) is 0 Å². The molecule has 0 unspecified atom stereocenters. The lowest BCUT2D eigenvalue weighted by molar-refractivity contribution is 0.0636. The van der Waals surface area contributed by atoms with E-state index >= 15 is 0 Å². The molecule has 2 aliphatic rings. The number of nitrogens with one attached hydrogen (secondary N) is 2. The Kier molecular flexibility index (Phi) is 4.07. The Morgan fingerprint density at radius 2 is 1.85 bits per heavy atom. The zero-order valence-electron chi connectivity index (χ0n) is 13.9. The Bertz CT molecular complexity index is 894. The minimum absolute atomic E-state index is 0.0706. The highest BCUT2D eigenvalue weighted by Gasteiger charge is 2.41. The number of amides is 2. The number of piperidine rings is 1. The molecule has 0 aromatic heterocycles. The molecular formula is C19H17ClFN3O2. The lowest BCUT2D eigenvalue weighted by atomic mass is 9.92. The highest BCUT2D eigenvalue weighted by molar-refractivity contribution is 6.31. The van der Waals surface area contributed by atoms with Gasteiger partial charge in [-0.25, -0.2) is 4.39 Å². The quantitative estimate of drug-likeness (QED) is 0.806. The summed E-state index contributed by atoms with van der Waals surface area (Å²) in [7, 11) is 0. The molecule has 0 radical (unpaired) electrons. The van der Waals surface area contributed by atoms with Crippen LogP contribution in [0.4, 0.5) is 10.1 Å². The average molecular weight is 374 g/mol. The van der Waals surface area contributed by atoms with Crippen molar-refractivity contribution in [1.29, 1.82) is 0 Å². The molecule has 2 heterocycles. The second kappa shape index (κ2) is 6.29. The van der Waals surface area contributed by atoms with Crippen molar-refractivity contribution in [3.05, 3.63) is 64.4 Å². The molecule has 2 amide bonds. The van der Waals surface area contributed by atoms with Crippen LogP contribution in [0.2, 0.25) is 5.02 Å². The van der Waals surface area contributed by atoms with Gasteiger partial charge in [0.05, 0.1) is 16.8 Å². The molecule has 2 aromatic carbocycles. The van der Waals surface area contributed by atoms with Crippen LogP contribution in [-0.2, 0) is 0 Å². The Balaban J connectivity index is 1.51. The smallest absolute Gasteiger partial charge is 0.256 e. The summed E-state index contributed by atoms with van der Waals surface area (Å²) in [6.07, 6.45) is 1.04. The van der Waals surface area contributed by atoms with Gasteiger partial charge < -0.3 is 15.5 Å². The van der Waals surface area contributed by atoms with E-state index in [1.54, 1.807) is 35.2 Å². The van der Waals surface area contributed by atoms with Gasteiger partial charge >= 0.3 is 0 Å². The second-order valence-corrected chi connectivity index (χ2v) is 7.06. The molecule has 5 nitrogen and oxygen atoms in total. The van der Waals surface area contributed by atoms with Gasteiger partial charge in [0, 0.05) is 31.0 Å². The molecule has 1 fully saturated rings. The first kappa shape index (κ1) is 16.8. The second-order valence-electron chi connectivity index (χ2n) is 6.62. The standard InChI is InChI=1S/C19H17ClFN3O2/c20-12-5-6-14-16(11-12)22-19(23-17(14)25)7-9-24(10-8-19)18(26)13-3-1-2-4-15(13)21/h1-6,11,22H,7-10H2,(H,23,25). The van der Waals surface area contributed by atoms with Gasteiger partial charge in [-0.05, 0) is 30.3 Å². The molecule has 4 rings (SSSR count). The van der Waals surface area contributed by atoms with Crippen molar-refractivity contribution in [2.75, 3.05) is 18.4 Å². The number of hydrogen-bond acceptors (Lipinski definition) is 3. The fourth-order valence-electron chi connectivity index (χ4n) is 3.54. The minimum atomic E-state index is -0.624. The van der Waals surface area contributed by atoms with Crippen molar-refractivity contribution >= 4 is 29.1 Å². The van der Waals surface area contributed by atoms with E-state index in [0.29, 0.717) is 42.2 Å². The van der Waals surface area contributed by atoms with Gasteiger partial charge in [0.25, 0.3) is 11.8 Å². The van der Waals surface area contributed by atoms with E-state index < -0.39 is 11.5 Å². The fraction of sp³-hybridized carbons (Fsp3) is 0.263. The molecule has 134 valence electrons. The van der Waals surface area contributed by atoms with Gasteiger partial charge in [-0.1, -0.05) is 23.7 Å². The molecule has 0 saturated carbocycles. The summed E-state index contributed by atoms with van der Waals surface area (Å²) in [5, 5.41) is 6.93. The summed E-state index contributed by atoms with van der Waals surface area (Å²) >= 11 is 6.04. The van der Waals surface area contributed by atoms with E-state index in [2.05, 4.69) is 10.6 Å². The maximum absolute atomic E-state index is 13.9. The normalized spacial score (nSPS) is 18.1. The van der Waals surface area contributed by atoms with Crippen LogP contribution in [0.15, 0.2) is 42.5 Å². The summed E-state index contributed by atoms with van der Waals surface area (Å²) < 4.78 is 13.9. The van der Waals surface area contributed by atoms with Gasteiger partial charge in [-0.2, -0.15) is 0 Å². The fourth-order valence-corrected chi connectivity index (χ4v) is 3.71. The van der Waals surface area contributed by atoms with Gasteiger partial charge in [-0.3, -0.25) is 9.59 Å². The summed E-state index contributed by atoms with van der Waals surface area (Å²) in [5.74, 6) is -1.02. The molecule has 0 bridgehead atoms. The van der Waals surface area contributed by atoms with Crippen molar-refractivity contribution in [1.82, 2.24) is 10.2 Å². The molecule has 1 saturated heterocycles. The predicted octanol–water partition coefficient (Wildman–Crippen LogP) is 3.27. The summed E-state index contributed by atoms with van der Waals surface area (Å²) in [6, 6.07) is 11.1. The number of anilines is 1. The number of halogens is 2. The van der Waals surface area contributed by atoms with Crippen molar-refractivity contribution < 1.29 is 14.0 Å². The maximum atomic E-state index is 13.9. The van der Waals surface area contributed by atoms with Crippen molar-refractivity contribution in [2.24, 2.45) is 0 Å². The molecule has 26 heavy (non-hydrogen) atoms. The van der Waals surface area contributed by atoms with Gasteiger partial charge in [0.15, 0.2) is 0 Å². The minimum Gasteiger partial charge on any atom is -0.362 e. The number of carbonyl (C=O) groups excluding carboxylic acids is 2. The van der Waals surface area contributed by atoms with E-state index in [4.69, 9.17) is 11.6 Å². The molecule has 2 N–H and O–H groups in total. The average Bonchev–Trinajstić information content (AvgIpc) is 2.62. The van der Waals surface area contributed by atoms with Gasteiger partial charge in [-0.15, -0.1) is 0 Å². The first-order valence-corrected chi connectivity index (χ1v) is 8.79. The van der Waals surface area contributed by atoms with Crippen molar-refractivity contribution in [3.63, 3.8) is 0 Å². The van der Waals surface area contributed by atoms with Crippen LogP contribution in [0.1, 0.15) is 33.6 Å². The molecule has 0 atom stereocenters. The van der Waals surface area contributed by atoms with E-state index in [-0.39, 0.29) is 17.4 Å². The van der Waals surface area contributed by atoms with Gasteiger partial charge in [0.2, 0.25) is 0 Å². The lowest BCUT2D eigenvalue weighted by Gasteiger charge is -2.45. The van der Waals surface area contributed by atoms with Crippen LogP contribution in [0.5, 0.6) is 0 Å². The molecule has 0 aliphatic carbocycles. The molecular weight excluding hydrogens is 357 g/mol. The molecule has 2 aliphatic heterocycles. The zero-order valence-corrected chi connectivity index (χ0v) is 14.6. The van der Waals surface area contributed by atoms with Crippen LogP contribution in [0.3, 0.4) is 0 Å². The predicted molar refractivity (Wildman–Crippen MR) is 96.8 cm³/mol. The van der Waals surface area contributed by atoms with Crippen molar-refractivity contribution in [2.45, 2.75) is 18.5 Å². The molecule has 1 spiro atoms. The van der Waals surface area contributed by atoms with E-state index in [0.717, 1.165) is 0 Å². The number of nitrogens with zero attached hydrogens (tertiary/aromatic N) is 1. The van der Waals surface area contributed by atoms with E-state index in [1.807, 2.05) is 0 Å². The number of likely N-dealkylation sites (tertiary alicyclic amines) is 1. The maximum Gasteiger partial charge on any atom is 0.256 e. The molecule has 2 aromatic rings. The summed E-state index contributed by atoms with van der Waals surface area (Å²) in [5.41, 5.74) is 0.682. The topological polar surface area (TPSA) is 61.4 Å². The van der Waals surface area contributed by atoms with Crippen molar-refractivity contribution in [3.8, 4) is 0 Å². The number of rotatable bonds is 1. The van der Waals surface area contributed by atoms with Gasteiger partial charge in [0.1, 0.15) is 11.5 Å².